The third-order valence-corrected chi connectivity index (χ3v) is 4.40. The van der Waals surface area contributed by atoms with Crippen molar-refractivity contribution >= 4 is 16.9 Å². The Hall–Kier alpha value is -3.60. The molecular formula is C21H15NO4. The van der Waals surface area contributed by atoms with Gasteiger partial charge in [0, 0.05) is 5.56 Å². The van der Waals surface area contributed by atoms with Gasteiger partial charge in [-0.05, 0) is 47.9 Å². The van der Waals surface area contributed by atoms with Crippen LogP contribution in [0.2, 0.25) is 0 Å². The van der Waals surface area contributed by atoms with Crippen LogP contribution in [0.5, 0.6) is 5.75 Å². The minimum Gasteiger partial charge on any atom is -0.506 e. The normalized spacial score (nSPS) is 11.0. The van der Waals surface area contributed by atoms with Crippen molar-refractivity contribution in [2.75, 3.05) is 7.11 Å². The van der Waals surface area contributed by atoms with Crippen molar-refractivity contribution in [2.24, 2.45) is 0 Å². The first-order chi connectivity index (χ1) is 12.6. The van der Waals surface area contributed by atoms with Crippen molar-refractivity contribution in [3.05, 3.63) is 82.5 Å². The van der Waals surface area contributed by atoms with Crippen LogP contribution in [0.1, 0.15) is 10.4 Å². The largest absolute Gasteiger partial charge is 0.506 e. The van der Waals surface area contributed by atoms with Crippen LogP contribution in [0.15, 0.2) is 71.5 Å². The predicted octanol–water partition coefficient (Wildman–Crippen LogP) is 3.59. The molecule has 0 saturated heterocycles. The molecule has 2 aliphatic rings. The molecule has 0 bridgehead atoms. The Balaban J connectivity index is 2.15. The summed E-state index contributed by atoms with van der Waals surface area (Å²) in [5.41, 5.74) is 2.60. The molecule has 0 amide bonds. The summed E-state index contributed by atoms with van der Waals surface area (Å²) in [5, 5.41) is 11.3. The zero-order valence-corrected chi connectivity index (χ0v) is 14.0. The Kier molecular flexibility index (Phi) is 3.69. The molecule has 2 aromatic rings. The number of fused-ring (bicyclic) bond motifs is 2. The van der Waals surface area contributed by atoms with Gasteiger partial charge in [0.25, 0.3) is 0 Å². The molecule has 1 heterocycles. The summed E-state index contributed by atoms with van der Waals surface area (Å²) in [6, 6.07) is 18.9. The summed E-state index contributed by atoms with van der Waals surface area (Å²) in [6.07, 6.45) is 0. The van der Waals surface area contributed by atoms with Crippen LogP contribution in [0.4, 0.5) is 0 Å². The molecule has 5 heteroatoms. The molecular weight excluding hydrogens is 330 g/mol. The topological polar surface area (TPSA) is 68.5 Å². The number of ether oxygens (including phenoxy) is 1. The number of phenols is 1. The molecule has 1 aliphatic carbocycles. The number of aromatic hydroxyl groups is 1. The number of benzene rings is 3. The maximum atomic E-state index is 12.4. The molecule has 0 saturated carbocycles. The first-order valence-corrected chi connectivity index (χ1v) is 8.05. The van der Waals surface area contributed by atoms with Gasteiger partial charge in [-0.2, -0.15) is 0 Å². The Labute approximate surface area is 149 Å². The van der Waals surface area contributed by atoms with E-state index in [1.165, 1.54) is 25.3 Å². The molecule has 1 aliphatic heterocycles. The van der Waals surface area contributed by atoms with Gasteiger partial charge in [-0.1, -0.05) is 24.3 Å². The van der Waals surface area contributed by atoms with Crippen LogP contribution in [0, 0.1) is 0 Å². The lowest BCUT2D eigenvalue weighted by molar-refractivity contribution is 0.0600. The fourth-order valence-corrected chi connectivity index (χ4v) is 3.18. The number of para-hydroxylation sites is 1. The second kappa shape index (κ2) is 6.04. The summed E-state index contributed by atoms with van der Waals surface area (Å²) >= 11 is 0. The van der Waals surface area contributed by atoms with E-state index in [1.807, 2.05) is 36.4 Å². The van der Waals surface area contributed by atoms with E-state index in [9.17, 15) is 14.7 Å². The number of hydrogen-bond donors (Lipinski definition) is 1. The molecule has 0 aromatic heterocycles. The van der Waals surface area contributed by atoms with E-state index >= 15 is 0 Å². The molecule has 0 spiro atoms. The number of carbonyl (C=O) groups is 1. The highest BCUT2D eigenvalue weighted by atomic mass is 16.5. The molecule has 0 fully saturated rings. The van der Waals surface area contributed by atoms with E-state index in [0.717, 1.165) is 10.9 Å². The zero-order chi connectivity index (χ0) is 18.3. The highest BCUT2D eigenvalue weighted by Crippen LogP contribution is 2.33. The third-order valence-electron chi connectivity index (χ3n) is 4.40. The third kappa shape index (κ3) is 2.41. The van der Waals surface area contributed by atoms with Gasteiger partial charge in [-0.3, -0.25) is 4.79 Å². The fraction of sp³-hybridized carbons (Fsp3) is 0.0476. The average Bonchev–Trinajstić information content (AvgIpc) is 2.67. The van der Waals surface area contributed by atoms with Gasteiger partial charge in [0.1, 0.15) is 5.75 Å². The van der Waals surface area contributed by atoms with Crippen LogP contribution in [0.3, 0.4) is 0 Å². The van der Waals surface area contributed by atoms with Gasteiger partial charge >= 0.3 is 5.97 Å². The number of esters is 1. The van der Waals surface area contributed by atoms with E-state index in [1.54, 1.807) is 16.7 Å². The van der Waals surface area contributed by atoms with Crippen molar-refractivity contribution in [2.45, 2.75) is 0 Å². The molecule has 1 N–H and O–H groups in total. The highest BCUT2D eigenvalue weighted by Gasteiger charge is 2.18. The van der Waals surface area contributed by atoms with Crippen LogP contribution >= 0.6 is 0 Å². The number of pyridine rings is 1. The number of nitrogens with zero attached hydrogens (tertiary/aromatic N) is 1. The van der Waals surface area contributed by atoms with Crippen LogP contribution in [-0.2, 0) is 4.74 Å². The monoisotopic (exact) mass is 345 g/mol. The molecule has 26 heavy (non-hydrogen) atoms. The average molecular weight is 345 g/mol. The van der Waals surface area contributed by atoms with E-state index in [4.69, 9.17) is 4.74 Å². The standard InChI is InChI=1S/C21H15NO4/c1-26-21(25)14-9-10-20(24)18(12-14)22-16-6-3-2-5-13(16)11-15-17(22)7-4-8-19(15)23/h2-12,24H,1H3. The van der Waals surface area contributed by atoms with Crippen LogP contribution in [-0.4, -0.2) is 22.8 Å². The number of methoxy groups -OCH3 is 1. The smallest absolute Gasteiger partial charge is 0.337 e. The van der Waals surface area contributed by atoms with Crippen molar-refractivity contribution in [3.63, 3.8) is 0 Å². The zero-order valence-electron chi connectivity index (χ0n) is 14.0. The summed E-state index contributed by atoms with van der Waals surface area (Å²) < 4.78 is 6.57. The Bertz CT molecular complexity index is 1180. The van der Waals surface area contributed by atoms with Crippen molar-refractivity contribution in [3.8, 4) is 22.7 Å². The Morgan fingerprint density at radius 2 is 1.81 bits per heavy atom. The number of rotatable bonds is 2. The lowest BCUT2D eigenvalue weighted by Crippen LogP contribution is -2.12. The van der Waals surface area contributed by atoms with Gasteiger partial charge in [0.15, 0.2) is 5.43 Å². The second-order valence-electron chi connectivity index (χ2n) is 5.92. The number of phenolic OH excluding ortho intramolecular Hbond substituents is 1. The molecule has 128 valence electrons. The summed E-state index contributed by atoms with van der Waals surface area (Å²) in [7, 11) is 1.30. The maximum absolute atomic E-state index is 12.4. The van der Waals surface area contributed by atoms with E-state index in [2.05, 4.69) is 0 Å². The SMILES string of the molecule is COC(=O)c1ccc(O)c(-n2c3cccc(=O)c-3cc3ccccc32)c1. The predicted molar refractivity (Wildman–Crippen MR) is 99.2 cm³/mol. The van der Waals surface area contributed by atoms with Gasteiger partial charge in [0.2, 0.25) is 0 Å². The maximum Gasteiger partial charge on any atom is 0.337 e. The first-order valence-electron chi connectivity index (χ1n) is 8.05. The first kappa shape index (κ1) is 15.9. The van der Waals surface area contributed by atoms with Gasteiger partial charge in [0.05, 0.1) is 29.6 Å². The van der Waals surface area contributed by atoms with Gasteiger partial charge in [-0.15, -0.1) is 0 Å². The Morgan fingerprint density at radius 1 is 1.00 bits per heavy atom. The van der Waals surface area contributed by atoms with Crippen molar-refractivity contribution in [1.82, 2.24) is 4.57 Å². The van der Waals surface area contributed by atoms with Crippen LogP contribution in [0.25, 0.3) is 27.8 Å². The van der Waals surface area contributed by atoms with Crippen LogP contribution < -0.4 is 5.43 Å². The van der Waals surface area contributed by atoms with E-state index in [0.29, 0.717) is 22.5 Å². The molecule has 0 unspecified atom stereocenters. The highest BCUT2D eigenvalue weighted by molar-refractivity contribution is 5.92. The van der Waals surface area contributed by atoms with Crippen molar-refractivity contribution < 1.29 is 14.6 Å². The van der Waals surface area contributed by atoms with E-state index < -0.39 is 5.97 Å². The fourth-order valence-electron chi connectivity index (χ4n) is 3.18. The lowest BCUT2D eigenvalue weighted by Gasteiger charge is -2.20. The molecule has 0 atom stereocenters. The molecule has 2 aromatic carbocycles. The molecule has 4 rings (SSSR count). The summed E-state index contributed by atoms with van der Waals surface area (Å²) in [4.78, 5) is 24.3. The van der Waals surface area contributed by atoms with E-state index in [-0.39, 0.29) is 11.2 Å². The summed E-state index contributed by atoms with van der Waals surface area (Å²) in [5.74, 6) is -0.502. The number of hydrogen-bond acceptors (Lipinski definition) is 4. The molecule has 0 radical (unpaired) electrons. The molecule has 5 nitrogen and oxygen atoms in total. The second-order valence-corrected chi connectivity index (χ2v) is 5.92. The lowest BCUT2D eigenvalue weighted by atomic mass is 10.0. The minimum absolute atomic E-state index is 0.00314. The summed E-state index contributed by atoms with van der Waals surface area (Å²) in [6.45, 7) is 0. The quantitative estimate of drug-likeness (QED) is 0.445. The minimum atomic E-state index is -0.499. The number of carbonyl (C=O) groups excluding carboxylic acids is 1. The van der Waals surface area contributed by atoms with Crippen molar-refractivity contribution in [1.29, 1.82) is 0 Å². The number of aromatic nitrogens is 1. The Morgan fingerprint density at radius 3 is 2.62 bits per heavy atom. The van der Waals surface area contributed by atoms with Gasteiger partial charge < -0.3 is 14.4 Å². The van der Waals surface area contributed by atoms with Gasteiger partial charge in [-0.25, -0.2) is 4.79 Å².